The van der Waals surface area contributed by atoms with E-state index in [1.165, 1.54) is 23.6 Å². The normalized spacial score (nSPS) is 12.0. The van der Waals surface area contributed by atoms with Crippen molar-refractivity contribution in [3.63, 3.8) is 0 Å². The molecule has 3 rings (SSSR count). The third-order valence-corrected chi connectivity index (χ3v) is 4.62. The molecule has 0 bridgehead atoms. The van der Waals surface area contributed by atoms with Gasteiger partial charge in [0.2, 0.25) is 5.43 Å². The van der Waals surface area contributed by atoms with Gasteiger partial charge in [0.15, 0.2) is 0 Å². The molecule has 0 saturated carbocycles. The molecule has 2 aromatic carbocycles. The molecule has 3 aromatic rings. The van der Waals surface area contributed by atoms with Gasteiger partial charge in [-0.15, -0.1) is 0 Å². The second kappa shape index (κ2) is 7.82. The Labute approximate surface area is 168 Å². The molecule has 0 spiro atoms. The Morgan fingerprint density at radius 3 is 2.40 bits per heavy atom. The molecule has 0 aliphatic heterocycles. The average Bonchev–Trinajstić information content (AvgIpc) is 2.68. The molecule has 0 fully saturated rings. The first-order valence-corrected chi connectivity index (χ1v) is 8.75. The maximum absolute atomic E-state index is 14.7. The molecule has 0 radical (unpaired) electrons. The number of carboxylic acids is 2. The van der Waals surface area contributed by atoms with Crippen LogP contribution in [0.2, 0.25) is 0 Å². The number of halogens is 2. The van der Waals surface area contributed by atoms with E-state index >= 15 is 0 Å². The van der Waals surface area contributed by atoms with Gasteiger partial charge < -0.3 is 25.8 Å². The number of nitrogen functional groups attached to an aromatic ring is 1. The van der Waals surface area contributed by atoms with Crippen LogP contribution in [0.25, 0.3) is 16.6 Å². The number of hydrogen-bond acceptors (Lipinski definition) is 5. The van der Waals surface area contributed by atoms with Crippen molar-refractivity contribution >= 4 is 34.2 Å². The number of aromatic carboxylic acids is 1. The molecule has 1 heterocycles. The van der Waals surface area contributed by atoms with Crippen molar-refractivity contribution in [3.05, 3.63) is 63.9 Å². The number of carboxylic acid groups (broad SMARTS) is 2. The molecule has 10 heteroatoms. The highest BCUT2D eigenvalue weighted by molar-refractivity contribution is 6.01. The van der Waals surface area contributed by atoms with Gasteiger partial charge in [-0.2, -0.15) is 0 Å². The van der Waals surface area contributed by atoms with Gasteiger partial charge in [-0.1, -0.05) is 6.92 Å². The van der Waals surface area contributed by atoms with E-state index in [1.807, 2.05) is 0 Å². The quantitative estimate of drug-likeness (QED) is 0.453. The molecule has 1 unspecified atom stereocenters. The fourth-order valence-corrected chi connectivity index (χ4v) is 2.97. The van der Waals surface area contributed by atoms with Gasteiger partial charge in [-0.05, 0) is 30.3 Å². The van der Waals surface area contributed by atoms with Crippen LogP contribution in [0.5, 0.6) is 0 Å². The van der Waals surface area contributed by atoms with Crippen LogP contribution in [0.4, 0.5) is 20.2 Å². The van der Waals surface area contributed by atoms with E-state index in [1.54, 1.807) is 0 Å². The van der Waals surface area contributed by atoms with Gasteiger partial charge in [0, 0.05) is 18.4 Å². The smallest absolute Gasteiger partial charge is 0.341 e. The fourth-order valence-electron chi connectivity index (χ4n) is 2.97. The Balaban J connectivity index is 2.32. The van der Waals surface area contributed by atoms with Crippen molar-refractivity contribution in [1.82, 2.24) is 4.57 Å². The number of carbonyl (C=O) groups is 2. The average molecular weight is 417 g/mol. The van der Waals surface area contributed by atoms with Crippen molar-refractivity contribution in [3.8, 4) is 5.69 Å². The summed E-state index contributed by atoms with van der Waals surface area (Å²) in [5, 5.41) is 20.7. The highest BCUT2D eigenvalue weighted by Gasteiger charge is 2.22. The van der Waals surface area contributed by atoms with Crippen LogP contribution in [-0.2, 0) is 4.79 Å². The molecule has 0 aliphatic carbocycles. The lowest BCUT2D eigenvalue weighted by Gasteiger charge is -2.18. The summed E-state index contributed by atoms with van der Waals surface area (Å²) in [4.78, 5) is 35.1. The van der Waals surface area contributed by atoms with E-state index in [0.29, 0.717) is 0 Å². The zero-order valence-electron chi connectivity index (χ0n) is 15.6. The number of benzene rings is 2. The molecule has 1 aromatic heterocycles. The maximum Gasteiger partial charge on any atom is 0.341 e. The molecule has 5 N–H and O–H groups in total. The van der Waals surface area contributed by atoms with Gasteiger partial charge in [0.25, 0.3) is 0 Å². The molecule has 0 saturated heterocycles. The number of hydrogen-bond donors (Lipinski definition) is 4. The van der Waals surface area contributed by atoms with Gasteiger partial charge in [0.1, 0.15) is 17.2 Å². The Kier molecular flexibility index (Phi) is 5.41. The predicted molar refractivity (Wildman–Crippen MR) is 106 cm³/mol. The molecule has 8 nitrogen and oxygen atoms in total. The van der Waals surface area contributed by atoms with Crippen molar-refractivity contribution in [2.45, 2.75) is 6.92 Å². The van der Waals surface area contributed by atoms with Crippen LogP contribution in [0.3, 0.4) is 0 Å². The van der Waals surface area contributed by atoms with E-state index in [4.69, 9.17) is 10.8 Å². The lowest BCUT2D eigenvalue weighted by atomic mass is 10.1. The molecular weight excluding hydrogens is 400 g/mol. The van der Waals surface area contributed by atoms with Crippen molar-refractivity contribution < 1.29 is 28.6 Å². The van der Waals surface area contributed by atoms with Crippen molar-refractivity contribution in [2.24, 2.45) is 5.92 Å². The highest BCUT2D eigenvalue weighted by atomic mass is 19.1. The lowest BCUT2D eigenvalue weighted by molar-refractivity contribution is -0.140. The number of nitrogens with two attached hydrogens (primary N) is 1. The SMILES string of the molecule is CC(CNc1c(F)cc2c(=O)c(C(=O)O)cn(-c3ccc(F)cc3)c2c1N)C(=O)O. The topological polar surface area (TPSA) is 135 Å². The summed E-state index contributed by atoms with van der Waals surface area (Å²) in [5.74, 6) is -4.95. The van der Waals surface area contributed by atoms with Crippen LogP contribution in [0.15, 0.2) is 41.3 Å². The minimum atomic E-state index is -1.52. The summed E-state index contributed by atoms with van der Waals surface area (Å²) in [6.45, 7) is 1.27. The van der Waals surface area contributed by atoms with Crippen LogP contribution < -0.4 is 16.5 Å². The number of pyridine rings is 1. The Morgan fingerprint density at radius 2 is 1.83 bits per heavy atom. The summed E-state index contributed by atoms with van der Waals surface area (Å²) in [6, 6.07) is 5.79. The summed E-state index contributed by atoms with van der Waals surface area (Å²) >= 11 is 0. The number of aromatic nitrogens is 1. The number of fused-ring (bicyclic) bond motifs is 1. The van der Waals surface area contributed by atoms with Crippen LogP contribution in [0.1, 0.15) is 17.3 Å². The zero-order chi connectivity index (χ0) is 22.2. The Bertz CT molecular complexity index is 1220. The van der Waals surface area contributed by atoms with E-state index in [0.717, 1.165) is 24.4 Å². The molecule has 156 valence electrons. The number of nitrogens with zero attached hydrogens (tertiary/aromatic N) is 1. The van der Waals surface area contributed by atoms with Gasteiger partial charge >= 0.3 is 11.9 Å². The van der Waals surface area contributed by atoms with Crippen LogP contribution in [-0.4, -0.2) is 33.3 Å². The van der Waals surface area contributed by atoms with E-state index < -0.39 is 40.5 Å². The van der Waals surface area contributed by atoms with Crippen molar-refractivity contribution in [1.29, 1.82) is 0 Å². The first kappa shape index (κ1) is 20.8. The standard InChI is InChI=1S/C20H17F2N3O5/c1-9(19(27)28)7-24-16-14(22)6-12-17(15(16)23)25(8-13(18(12)26)20(29)30)11-4-2-10(21)3-5-11/h2-6,8-9,24H,7,23H2,1H3,(H,27,28)(H,29,30). The molecular formula is C20H17F2N3O5. The minimum absolute atomic E-state index is 0.00323. The first-order chi connectivity index (χ1) is 14.1. The second-order valence-electron chi connectivity index (χ2n) is 6.69. The lowest BCUT2D eigenvalue weighted by Crippen LogP contribution is -2.22. The van der Waals surface area contributed by atoms with Gasteiger partial charge in [-0.25, -0.2) is 13.6 Å². The monoisotopic (exact) mass is 417 g/mol. The van der Waals surface area contributed by atoms with E-state index in [2.05, 4.69) is 5.32 Å². The summed E-state index contributed by atoms with van der Waals surface area (Å²) in [7, 11) is 0. The highest BCUT2D eigenvalue weighted by Crippen LogP contribution is 2.32. The molecule has 0 aliphatic rings. The first-order valence-electron chi connectivity index (χ1n) is 8.75. The summed E-state index contributed by atoms with van der Waals surface area (Å²) in [5.41, 5.74) is 4.39. The Morgan fingerprint density at radius 1 is 1.20 bits per heavy atom. The number of anilines is 2. The molecule has 30 heavy (non-hydrogen) atoms. The van der Waals surface area contributed by atoms with Gasteiger partial charge in [-0.3, -0.25) is 9.59 Å². The Hall–Kier alpha value is -3.95. The van der Waals surface area contributed by atoms with E-state index in [-0.39, 0.29) is 34.5 Å². The third-order valence-electron chi connectivity index (χ3n) is 4.62. The second-order valence-corrected chi connectivity index (χ2v) is 6.69. The number of aliphatic carboxylic acids is 1. The largest absolute Gasteiger partial charge is 0.481 e. The van der Waals surface area contributed by atoms with E-state index in [9.17, 15) is 28.3 Å². The van der Waals surface area contributed by atoms with Gasteiger partial charge in [0.05, 0.1) is 28.2 Å². The minimum Gasteiger partial charge on any atom is -0.481 e. The zero-order valence-corrected chi connectivity index (χ0v) is 15.6. The number of nitrogens with one attached hydrogen (secondary N) is 1. The maximum atomic E-state index is 14.7. The molecule has 0 amide bonds. The fraction of sp³-hybridized carbons (Fsp3) is 0.150. The summed E-state index contributed by atoms with van der Waals surface area (Å²) < 4.78 is 29.3. The predicted octanol–water partition coefficient (Wildman–Crippen LogP) is 2.68. The summed E-state index contributed by atoms with van der Waals surface area (Å²) in [6.07, 6.45) is 1.03. The van der Waals surface area contributed by atoms with Crippen molar-refractivity contribution in [2.75, 3.05) is 17.6 Å². The molecule has 1 atom stereocenters. The van der Waals surface area contributed by atoms with Crippen LogP contribution in [0, 0.1) is 17.6 Å². The number of rotatable bonds is 6. The third kappa shape index (κ3) is 3.66. The van der Waals surface area contributed by atoms with Crippen LogP contribution >= 0.6 is 0 Å².